The quantitative estimate of drug-likeness (QED) is 0.637. The molecule has 2 heterocycles. The van der Waals surface area contributed by atoms with Gasteiger partial charge in [-0.25, -0.2) is 4.98 Å². The number of aliphatic imine (C=N–C) groups is 1. The van der Waals surface area contributed by atoms with E-state index >= 15 is 0 Å². The zero-order valence-corrected chi connectivity index (χ0v) is 18.1. The van der Waals surface area contributed by atoms with Crippen molar-refractivity contribution < 1.29 is 19.1 Å². The molecule has 0 radical (unpaired) electrons. The Kier molecular flexibility index (Phi) is 5.00. The van der Waals surface area contributed by atoms with E-state index < -0.39 is 11.5 Å². The summed E-state index contributed by atoms with van der Waals surface area (Å²) in [6.45, 7) is 3.04. The third-order valence-electron chi connectivity index (χ3n) is 5.87. The molecule has 3 aromatic rings. The lowest BCUT2D eigenvalue weighted by Gasteiger charge is -2.33. The van der Waals surface area contributed by atoms with Crippen molar-refractivity contribution in [3.8, 4) is 11.5 Å². The van der Waals surface area contributed by atoms with Crippen LogP contribution in [0.1, 0.15) is 25.6 Å². The van der Waals surface area contributed by atoms with Crippen molar-refractivity contribution in [1.82, 2.24) is 9.97 Å². The van der Waals surface area contributed by atoms with Gasteiger partial charge >= 0.3 is 0 Å². The number of methoxy groups -OCH3 is 2. The summed E-state index contributed by atoms with van der Waals surface area (Å²) in [5.74, 6) is 0.559. The Morgan fingerprint density at radius 1 is 1.16 bits per heavy atom. The summed E-state index contributed by atoms with van der Waals surface area (Å²) in [7, 11) is 4.70. The van der Waals surface area contributed by atoms with Gasteiger partial charge in [-0.3, -0.25) is 14.6 Å². The molecule has 0 saturated carbocycles. The number of benzene rings is 2. The molecule has 2 aromatic carbocycles. The number of fused-ring (bicyclic) bond motifs is 1. The van der Waals surface area contributed by atoms with Gasteiger partial charge in [-0.2, -0.15) is 0 Å². The van der Waals surface area contributed by atoms with Crippen LogP contribution in [0.2, 0.25) is 0 Å². The maximum atomic E-state index is 13.7. The van der Waals surface area contributed by atoms with Gasteiger partial charge < -0.3 is 19.4 Å². The highest BCUT2D eigenvalue weighted by Crippen LogP contribution is 2.43. The first-order valence-electron chi connectivity index (χ1n) is 9.85. The van der Waals surface area contributed by atoms with Crippen molar-refractivity contribution >= 4 is 34.1 Å². The van der Waals surface area contributed by atoms with Gasteiger partial charge in [-0.15, -0.1) is 0 Å². The number of ether oxygens (including phenoxy) is 2. The van der Waals surface area contributed by atoms with Crippen LogP contribution in [0, 0.1) is 0 Å². The summed E-state index contributed by atoms with van der Waals surface area (Å²) in [5.41, 5.74) is 0.663. The molecular formula is C23H24N4O4. The first-order valence-corrected chi connectivity index (χ1v) is 9.85. The molecule has 1 saturated heterocycles. The molecule has 160 valence electrons. The fraction of sp³-hybridized carbons (Fsp3) is 0.304. The van der Waals surface area contributed by atoms with Crippen LogP contribution in [0.4, 0.5) is 5.69 Å². The number of Topliss-reactive ketones (excluding diaryl/α,β-unsaturated/α-hetero) is 2. The standard InChI is InChI=1S/C23H24N4O4/c1-13(28)23(2)20(29)19(21-25-17-8-6-7-9-18(17)26-21)22(24-3)27(23)14-10-15(30-4)12-16(11-14)31-5/h6-12,19H,1-5H3,(H,25,26). The number of imidazole rings is 1. The van der Waals surface area contributed by atoms with Crippen LogP contribution in [-0.4, -0.2) is 54.2 Å². The number of nitrogens with zero attached hydrogens (tertiary/aromatic N) is 3. The topological polar surface area (TPSA) is 96.9 Å². The van der Waals surface area contributed by atoms with E-state index in [1.54, 1.807) is 51.3 Å². The Labute approximate surface area is 179 Å². The first-order chi connectivity index (χ1) is 14.8. The molecule has 2 atom stereocenters. The molecule has 1 aliphatic rings. The van der Waals surface area contributed by atoms with Crippen molar-refractivity contribution in [2.45, 2.75) is 25.3 Å². The lowest BCUT2D eigenvalue weighted by molar-refractivity contribution is -0.131. The SMILES string of the molecule is CN=C1C(c2nc3ccccc3[nH]2)C(=O)C(C)(C(C)=O)N1c1cc(OC)cc(OC)c1. The number of hydrogen-bond donors (Lipinski definition) is 1. The monoisotopic (exact) mass is 420 g/mol. The highest BCUT2D eigenvalue weighted by Gasteiger charge is 2.58. The number of nitrogens with one attached hydrogen (secondary N) is 1. The number of aromatic nitrogens is 2. The number of carbonyl (C=O) groups is 2. The van der Waals surface area contributed by atoms with E-state index in [-0.39, 0.29) is 11.6 Å². The minimum absolute atomic E-state index is 0.290. The second-order valence-corrected chi connectivity index (χ2v) is 7.55. The van der Waals surface area contributed by atoms with Crippen molar-refractivity contribution in [2.75, 3.05) is 26.2 Å². The minimum Gasteiger partial charge on any atom is -0.497 e. The average molecular weight is 420 g/mol. The fourth-order valence-electron chi connectivity index (χ4n) is 4.09. The summed E-state index contributed by atoms with van der Waals surface area (Å²) in [6.07, 6.45) is 0. The number of H-pyrrole nitrogens is 1. The van der Waals surface area contributed by atoms with Crippen molar-refractivity contribution in [3.05, 3.63) is 48.3 Å². The Morgan fingerprint density at radius 3 is 2.35 bits per heavy atom. The minimum atomic E-state index is -1.46. The highest BCUT2D eigenvalue weighted by molar-refractivity contribution is 6.34. The van der Waals surface area contributed by atoms with Crippen molar-refractivity contribution in [2.24, 2.45) is 4.99 Å². The van der Waals surface area contributed by atoms with Gasteiger partial charge in [0.1, 0.15) is 29.1 Å². The average Bonchev–Trinajstić information content (AvgIpc) is 3.30. The molecule has 0 spiro atoms. The summed E-state index contributed by atoms with van der Waals surface area (Å²) < 4.78 is 10.8. The van der Waals surface area contributed by atoms with Crippen LogP contribution in [0.25, 0.3) is 11.0 Å². The van der Waals surface area contributed by atoms with Gasteiger partial charge in [-0.05, 0) is 26.0 Å². The van der Waals surface area contributed by atoms with Crippen molar-refractivity contribution in [3.63, 3.8) is 0 Å². The molecule has 1 aromatic heterocycles. The third-order valence-corrected chi connectivity index (χ3v) is 5.87. The molecule has 31 heavy (non-hydrogen) atoms. The van der Waals surface area contributed by atoms with Crippen LogP contribution < -0.4 is 14.4 Å². The van der Waals surface area contributed by atoms with E-state index in [0.29, 0.717) is 28.8 Å². The molecule has 8 heteroatoms. The molecule has 8 nitrogen and oxygen atoms in total. The summed E-state index contributed by atoms with van der Waals surface area (Å²) in [4.78, 5) is 40.6. The third kappa shape index (κ3) is 3.06. The Hall–Kier alpha value is -3.68. The van der Waals surface area contributed by atoms with Crippen molar-refractivity contribution in [1.29, 1.82) is 0 Å². The molecule has 4 rings (SSSR count). The van der Waals surface area contributed by atoms with Crippen LogP contribution in [-0.2, 0) is 9.59 Å². The van der Waals surface area contributed by atoms with Crippen LogP contribution in [0.5, 0.6) is 11.5 Å². The van der Waals surface area contributed by atoms with Crippen LogP contribution in [0.15, 0.2) is 47.5 Å². The molecule has 0 aliphatic carbocycles. The summed E-state index contributed by atoms with van der Waals surface area (Å²) in [5, 5.41) is 0. The second-order valence-electron chi connectivity index (χ2n) is 7.55. The number of hydrogen-bond acceptors (Lipinski definition) is 6. The van der Waals surface area contributed by atoms with Gasteiger partial charge in [0, 0.05) is 25.2 Å². The van der Waals surface area contributed by atoms with Gasteiger partial charge in [0.2, 0.25) is 0 Å². The predicted octanol–water partition coefficient (Wildman–Crippen LogP) is 3.13. The number of aromatic amines is 1. The second kappa shape index (κ2) is 7.54. The molecule has 0 amide bonds. The molecule has 0 bridgehead atoms. The predicted molar refractivity (Wildman–Crippen MR) is 118 cm³/mol. The van der Waals surface area contributed by atoms with Gasteiger partial charge in [0.05, 0.1) is 30.9 Å². The highest BCUT2D eigenvalue weighted by atomic mass is 16.5. The maximum absolute atomic E-state index is 13.7. The summed E-state index contributed by atoms with van der Waals surface area (Å²) >= 11 is 0. The zero-order valence-electron chi connectivity index (χ0n) is 18.1. The molecule has 2 unspecified atom stereocenters. The Bertz CT molecular complexity index is 1160. The Balaban J connectivity index is 1.94. The number of anilines is 1. The molecule has 1 aliphatic heterocycles. The van der Waals surface area contributed by atoms with Crippen LogP contribution in [0.3, 0.4) is 0 Å². The van der Waals surface area contributed by atoms with E-state index in [2.05, 4.69) is 15.0 Å². The fourth-order valence-corrected chi connectivity index (χ4v) is 4.09. The number of rotatable bonds is 5. The molecular weight excluding hydrogens is 396 g/mol. The normalized spacial score (nSPS) is 22.4. The van der Waals surface area contributed by atoms with Gasteiger partial charge in [0.25, 0.3) is 0 Å². The molecule has 1 fully saturated rings. The lowest BCUT2D eigenvalue weighted by atomic mass is 9.88. The van der Waals surface area contributed by atoms with E-state index in [0.717, 1.165) is 11.0 Å². The zero-order chi connectivity index (χ0) is 22.3. The van der Waals surface area contributed by atoms with Crippen LogP contribution >= 0.6 is 0 Å². The van der Waals surface area contributed by atoms with E-state index in [9.17, 15) is 9.59 Å². The largest absolute Gasteiger partial charge is 0.497 e. The molecule has 1 N–H and O–H groups in total. The maximum Gasteiger partial charge on any atom is 0.184 e. The van der Waals surface area contributed by atoms with Gasteiger partial charge in [-0.1, -0.05) is 12.1 Å². The lowest BCUT2D eigenvalue weighted by Crippen LogP contribution is -2.53. The first kappa shape index (κ1) is 20.6. The number of carbonyl (C=O) groups excluding carboxylic acids is 2. The Morgan fingerprint density at radius 2 is 1.81 bits per heavy atom. The van der Waals surface area contributed by atoms with E-state index in [4.69, 9.17) is 9.47 Å². The number of amidine groups is 1. The summed E-state index contributed by atoms with van der Waals surface area (Å²) in [6, 6.07) is 12.8. The number of ketones is 2. The van der Waals surface area contributed by atoms with E-state index in [1.807, 2.05) is 24.3 Å². The van der Waals surface area contributed by atoms with Gasteiger partial charge in [0.15, 0.2) is 17.1 Å². The smallest absolute Gasteiger partial charge is 0.184 e. The number of para-hydroxylation sites is 2. The van der Waals surface area contributed by atoms with E-state index in [1.165, 1.54) is 6.92 Å².